The lowest BCUT2D eigenvalue weighted by Crippen LogP contribution is -2.34. The predicted octanol–water partition coefficient (Wildman–Crippen LogP) is 6.37. The first-order chi connectivity index (χ1) is 14.1. The number of aliphatic hydroxyl groups is 1. The Morgan fingerprint density at radius 1 is 0.793 bits per heavy atom. The summed E-state index contributed by atoms with van der Waals surface area (Å²) in [5, 5.41) is 12.2. The molecule has 174 valence electrons. The summed E-state index contributed by atoms with van der Waals surface area (Å²) in [4.78, 5) is 11.6. The van der Waals surface area contributed by atoms with Crippen molar-refractivity contribution in [3.8, 4) is 0 Å². The van der Waals surface area contributed by atoms with Crippen LogP contribution in [0.15, 0.2) is 0 Å². The van der Waals surface area contributed by atoms with Crippen molar-refractivity contribution in [2.45, 2.75) is 129 Å². The fraction of sp³-hybridized carbons (Fsp3) is 0.958. The van der Waals surface area contributed by atoms with Crippen LogP contribution in [-0.2, 0) is 9.47 Å². The molecule has 0 aliphatic rings. The number of nitrogens with one attached hydrogen (secondary N) is 1. The molecular formula is C24H49NO4. The Kier molecular flexibility index (Phi) is 21.3. The van der Waals surface area contributed by atoms with Gasteiger partial charge in [-0.15, -0.1) is 0 Å². The molecule has 0 bridgehead atoms. The third-order valence-corrected chi connectivity index (χ3v) is 5.52. The average Bonchev–Trinajstić information content (AvgIpc) is 2.70. The van der Waals surface area contributed by atoms with Crippen LogP contribution < -0.4 is 5.32 Å². The van der Waals surface area contributed by atoms with Gasteiger partial charge in [0.2, 0.25) is 0 Å². The van der Waals surface area contributed by atoms with E-state index in [2.05, 4.69) is 12.2 Å². The number of rotatable bonds is 21. The highest BCUT2D eigenvalue weighted by Crippen LogP contribution is 2.13. The molecule has 1 amide bonds. The van der Waals surface area contributed by atoms with Gasteiger partial charge in [0.15, 0.2) is 0 Å². The van der Waals surface area contributed by atoms with E-state index in [0.29, 0.717) is 6.54 Å². The fourth-order valence-corrected chi connectivity index (χ4v) is 3.48. The maximum atomic E-state index is 11.6. The molecule has 5 nitrogen and oxygen atoms in total. The van der Waals surface area contributed by atoms with E-state index < -0.39 is 18.3 Å². The molecule has 0 spiro atoms. The van der Waals surface area contributed by atoms with Crippen LogP contribution in [0.1, 0.15) is 117 Å². The number of amides is 1. The van der Waals surface area contributed by atoms with Gasteiger partial charge in [0, 0.05) is 13.7 Å². The lowest BCUT2D eigenvalue weighted by molar-refractivity contribution is -0.0366. The topological polar surface area (TPSA) is 67.8 Å². The second kappa shape index (κ2) is 21.9. The number of hydrogen-bond acceptors (Lipinski definition) is 4. The van der Waals surface area contributed by atoms with Crippen molar-refractivity contribution in [1.82, 2.24) is 5.32 Å². The van der Waals surface area contributed by atoms with Crippen molar-refractivity contribution in [3.05, 3.63) is 0 Å². The Hall–Kier alpha value is -0.810. The van der Waals surface area contributed by atoms with E-state index in [9.17, 15) is 9.90 Å². The molecule has 0 saturated heterocycles. The van der Waals surface area contributed by atoms with Crippen LogP contribution in [0.25, 0.3) is 0 Å². The molecule has 2 atom stereocenters. The minimum absolute atomic E-state index is 0.0684. The van der Waals surface area contributed by atoms with Crippen molar-refractivity contribution in [3.63, 3.8) is 0 Å². The number of carbonyl (C=O) groups excluding carboxylic acids is 1. The lowest BCUT2D eigenvalue weighted by Gasteiger charge is -2.18. The molecule has 0 saturated carbocycles. The Bertz CT molecular complexity index is 350. The zero-order chi connectivity index (χ0) is 21.6. The molecule has 0 heterocycles. The van der Waals surface area contributed by atoms with Crippen LogP contribution >= 0.6 is 0 Å². The Labute approximate surface area is 180 Å². The summed E-state index contributed by atoms with van der Waals surface area (Å²) < 4.78 is 10.1. The highest BCUT2D eigenvalue weighted by Gasteiger charge is 2.16. The van der Waals surface area contributed by atoms with Gasteiger partial charge >= 0.3 is 6.09 Å². The molecule has 0 rings (SSSR count). The number of methoxy groups -OCH3 is 1. The summed E-state index contributed by atoms with van der Waals surface area (Å²) in [7, 11) is 1.50. The third kappa shape index (κ3) is 20.2. The van der Waals surface area contributed by atoms with Gasteiger partial charge in [-0.25, -0.2) is 4.79 Å². The molecule has 0 aromatic heterocycles. The van der Waals surface area contributed by atoms with Gasteiger partial charge in [0.1, 0.15) is 12.7 Å². The van der Waals surface area contributed by atoms with Crippen molar-refractivity contribution < 1.29 is 19.4 Å². The molecule has 2 unspecified atom stereocenters. The Balaban J connectivity index is 3.23. The molecule has 5 heteroatoms. The van der Waals surface area contributed by atoms with Gasteiger partial charge in [0.05, 0.1) is 6.10 Å². The average molecular weight is 416 g/mol. The number of aliphatic hydroxyl groups excluding tert-OH is 1. The molecule has 0 aliphatic heterocycles. The van der Waals surface area contributed by atoms with Gasteiger partial charge in [-0.2, -0.15) is 0 Å². The number of hydrogen-bond donors (Lipinski definition) is 2. The number of unbranched alkanes of at least 4 members (excludes halogenated alkanes) is 15. The van der Waals surface area contributed by atoms with Crippen molar-refractivity contribution in [2.75, 3.05) is 20.3 Å². The molecule has 0 radical (unpaired) electrons. The van der Waals surface area contributed by atoms with E-state index in [-0.39, 0.29) is 6.61 Å². The molecule has 0 aromatic rings. The quantitative estimate of drug-likeness (QED) is 0.214. The molecular weight excluding hydrogens is 366 g/mol. The lowest BCUT2D eigenvalue weighted by atomic mass is 10.0. The maximum absolute atomic E-state index is 11.6. The zero-order valence-corrected chi connectivity index (χ0v) is 19.6. The van der Waals surface area contributed by atoms with Crippen LogP contribution in [0.2, 0.25) is 0 Å². The largest absolute Gasteiger partial charge is 0.447 e. The van der Waals surface area contributed by atoms with Crippen molar-refractivity contribution in [1.29, 1.82) is 0 Å². The zero-order valence-electron chi connectivity index (χ0n) is 19.6. The number of carbonyl (C=O) groups is 1. The second-order valence-electron chi connectivity index (χ2n) is 8.34. The van der Waals surface area contributed by atoms with E-state index in [1.807, 2.05) is 0 Å². The number of alkyl carbamates (subject to hydrolysis) is 1. The van der Waals surface area contributed by atoms with Gasteiger partial charge in [0.25, 0.3) is 0 Å². The van der Waals surface area contributed by atoms with Gasteiger partial charge in [-0.05, 0) is 13.3 Å². The maximum Gasteiger partial charge on any atom is 0.407 e. The van der Waals surface area contributed by atoms with Crippen LogP contribution in [0, 0.1) is 0 Å². The van der Waals surface area contributed by atoms with E-state index in [0.717, 1.165) is 12.8 Å². The third-order valence-electron chi connectivity index (χ3n) is 5.52. The Morgan fingerprint density at radius 3 is 1.59 bits per heavy atom. The van der Waals surface area contributed by atoms with E-state index in [1.165, 1.54) is 97.0 Å². The van der Waals surface area contributed by atoms with Gasteiger partial charge in [-0.1, -0.05) is 103 Å². The molecule has 0 aromatic carbocycles. The number of ether oxygens (including phenoxy) is 2. The van der Waals surface area contributed by atoms with Crippen LogP contribution in [-0.4, -0.2) is 43.7 Å². The van der Waals surface area contributed by atoms with Crippen molar-refractivity contribution in [2.24, 2.45) is 0 Å². The monoisotopic (exact) mass is 415 g/mol. The van der Waals surface area contributed by atoms with Crippen LogP contribution in [0.3, 0.4) is 0 Å². The molecule has 0 aliphatic carbocycles. The smallest absolute Gasteiger partial charge is 0.407 e. The summed E-state index contributed by atoms with van der Waals surface area (Å²) in [5.41, 5.74) is 0. The normalized spacial score (nSPS) is 13.2. The summed E-state index contributed by atoms with van der Waals surface area (Å²) >= 11 is 0. The van der Waals surface area contributed by atoms with Gasteiger partial charge < -0.3 is 19.9 Å². The van der Waals surface area contributed by atoms with Crippen LogP contribution in [0.4, 0.5) is 4.79 Å². The molecule has 2 N–H and O–H groups in total. The molecule has 0 fully saturated rings. The minimum Gasteiger partial charge on any atom is -0.447 e. The van der Waals surface area contributed by atoms with Gasteiger partial charge in [-0.3, -0.25) is 0 Å². The van der Waals surface area contributed by atoms with E-state index in [4.69, 9.17) is 9.47 Å². The fourth-order valence-electron chi connectivity index (χ4n) is 3.48. The summed E-state index contributed by atoms with van der Waals surface area (Å²) in [6, 6.07) is 0. The second-order valence-corrected chi connectivity index (χ2v) is 8.34. The van der Waals surface area contributed by atoms with Crippen molar-refractivity contribution >= 4 is 6.09 Å². The first kappa shape index (κ1) is 28.2. The van der Waals surface area contributed by atoms with E-state index >= 15 is 0 Å². The first-order valence-electron chi connectivity index (χ1n) is 12.2. The summed E-state index contributed by atoms with van der Waals surface area (Å²) in [5.74, 6) is 0. The standard InChI is InChI=1S/C24H49NO4/c1-4-5-6-7-8-9-10-11-12-13-14-15-16-17-18-19-20-25-24(27)29-21-23(28-3)22(2)26/h22-23,26H,4-21H2,1-3H3,(H,25,27). The minimum atomic E-state index is -0.659. The SMILES string of the molecule is CCCCCCCCCCCCCCCCCCNC(=O)OCC(OC)C(C)O. The van der Waals surface area contributed by atoms with Crippen LogP contribution in [0.5, 0.6) is 0 Å². The summed E-state index contributed by atoms with van der Waals surface area (Å²) in [6.45, 7) is 4.60. The predicted molar refractivity (Wildman–Crippen MR) is 121 cm³/mol. The first-order valence-corrected chi connectivity index (χ1v) is 12.2. The highest BCUT2D eigenvalue weighted by molar-refractivity contribution is 5.67. The summed E-state index contributed by atoms with van der Waals surface area (Å²) in [6.07, 6.45) is 19.9. The Morgan fingerprint density at radius 2 is 1.21 bits per heavy atom. The highest BCUT2D eigenvalue weighted by atomic mass is 16.6. The molecule has 29 heavy (non-hydrogen) atoms. The van der Waals surface area contributed by atoms with E-state index in [1.54, 1.807) is 6.92 Å².